The van der Waals surface area contributed by atoms with E-state index in [4.69, 9.17) is 28.2 Å². The first kappa shape index (κ1) is 19.5. The van der Waals surface area contributed by atoms with Gasteiger partial charge >= 0.3 is 0 Å². The molecule has 1 N–H and O–H groups in total. The molecule has 2 atom stereocenters. The smallest absolute Gasteiger partial charge is 0.129 e. The fraction of sp³-hybridized carbons (Fsp3) is 0.240. The van der Waals surface area contributed by atoms with Crippen LogP contribution >= 0.6 is 23.2 Å². The van der Waals surface area contributed by atoms with Crippen LogP contribution in [0.2, 0.25) is 10.0 Å². The summed E-state index contributed by atoms with van der Waals surface area (Å²) in [6.07, 6.45) is 2.53. The number of nitrogens with one attached hydrogen (secondary N) is 1. The van der Waals surface area contributed by atoms with Gasteiger partial charge in [-0.05, 0) is 60.4 Å². The molecule has 0 unspecified atom stereocenters. The summed E-state index contributed by atoms with van der Waals surface area (Å²) in [5.74, 6) is 0.927. The van der Waals surface area contributed by atoms with Crippen LogP contribution in [0.15, 0.2) is 77.8 Å². The molecule has 0 bridgehead atoms. The molecule has 0 radical (unpaired) electrons. The normalized spacial score (nSPS) is 20.9. The maximum atomic E-state index is 6.12. The Morgan fingerprint density at radius 1 is 0.800 bits per heavy atom. The zero-order valence-corrected chi connectivity index (χ0v) is 18.1. The molecular weight excluding hydrogens is 413 g/mol. The van der Waals surface area contributed by atoms with Crippen LogP contribution in [0.5, 0.6) is 0 Å². The molecule has 0 amide bonds. The van der Waals surface area contributed by atoms with Gasteiger partial charge in [-0.25, -0.2) is 0 Å². The minimum atomic E-state index is -0.0334. The molecule has 152 valence electrons. The molecule has 2 aliphatic rings. The minimum absolute atomic E-state index is 0.0334. The van der Waals surface area contributed by atoms with Gasteiger partial charge in [0.05, 0.1) is 6.04 Å². The summed E-state index contributed by atoms with van der Waals surface area (Å²) in [4.78, 5) is 7.57. The lowest BCUT2D eigenvalue weighted by molar-refractivity contribution is 0.572. The number of nitrogens with zero attached hydrogens (tertiary/aromatic N) is 2. The van der Waals surface area contributed by atoms with Crippen molar-refractivity contribution in [3.8, 4) is 0 Å². The predicted molar refractivity (Wildman–Crippen MR) is 126 cm³/mol. The van der Waals surface area contributed by atoms with Crippen molar-refractivity contribution in [2.45, 2.75) is 24.9 Å². The van der Waals surface area contributed by atoms with Gasteiger partial charge in [0.15, 0.2) is 0 Å². The average molecular weight is 436 g/mol. The van der Waals surface area contributed by atoms with Crippen molar-refractivity contribution in [2.24, 2.45) is 4.99 Å². The second-order valence-corrected chi connectivity index (χ2v) is 8.77. The molecule has 5 rings (SSSR count). The van der Waals surface area contributed by atoms with E-state index in [0.29, 0.717) is 0 Å². The van der Waals surface area contributed by atoms with Crippen LogP contribution in [0.25, 0.3) is 0 Å². The molecule has 3 aromatic rings. The molecule has 0 aliphatic carbocycles. The lowest BCUT2D eigenvalue weighted by atomic mass is 9.95. The van der Waals surface area contributed by atoms with E-state index in [1.54, 1.807) is 0 Å². The van der Waals surface area contributed by atoms with Crippen molar-refractivity contribution in [2.75, 3.05) is 18.0 Å². The van der Waals surface area contributed by atoms with Gasteiger partial charge in [-0.15, -0.1) is 0 Å². The van der Waals surface area contributed by atoms with Gasteiger partial charge in [0.25, 0.3) is 0 Å². The number of halogens is 2. The van der Waals surface area contributed by atoms with Gasteiger partial charge in [0, 0.05) is 34.4 Å². The monoisotopic (exact) mass is 435 g/mol. The highest BCUT2D eigenvalue weighted by molar-refractivity contribution is 6.30. The third-order valence-corrected chi connectivity index (χ3v) is 6.41. The highest BCUT2D eigenvalue weighted by Crippen LogP contribution is 2.38. The average Bonchev–Trinajstić information content (AvgIpc) is 3.46. The van der Waals surface area contributed by atoms with Crippen LogP contribution < -0.4 is 10.2 Å². The Hall–Kier alpha value is -2.49. The predicted octanol–water partition coefficient (Wildman–Crippen LogP) is 6.43. The minimum Gasteiger partial charge on any atom is -0.372 e. The fourth-order valence-electron chi connectivity index (χ4n) is 4.32. The van der Waals surface area contributed by atoms with Gasteiger partial charge < -0.3 is 10.2 Å². The Morgan fingerprint density at radius 2 is 1.43 bits per heavy atom. The van der Waals surface area contributed by atoms with Crippen LogP contribution in [-0.2, 0) is 0 Å². The molecule has 5 heteroatoms. The first-order valence-electron chi connectivity index (χ1n) is 10.4. The summed E-state index contributed by atoms with van der Waals surface area (Å²) >= 11 is 12.2. The van der Waals surface area contributed by atoms with Crippen LogP contribution in [0.4, 0.5) is 5.69 Å². The third-order valence-electron chi connectivity index (χ3n) is 5.91. The van der Waals surface area contributed by atoms with Gasteiger partial charge in [0.1, 0.15) is 11.9 Å². The second-order valence-electron chi connectivity index (χ2n) is 7.89. The van der Waals surface area contributed by atoms with Crippen molar-refractivity contribution >= 4 is 34.7 Å². The Morgan fingerprint density at radius 3 is 2.10 bits per heavy atom. The quantitative estimate of drug-likeness (QED) is 0.511. The Bertz CT molecular complexity index is 1050. The maximum Gasteiger partial charge on any atom is 0.129 e. The number of anilines is 1. The Balaban J connectivity index is 1.51. The van der Waals surface area contributed by atoms with E-state index in [1.165, 1.54) is 18.5 Å². The number of hydrogen-bond acceptors (Lipinski definition) is 3. The van der Waals surface area contributed by atoms with E-state index >= 15 is 0 Å². The Labute approximate surface area is 187 Å². The summed E-state index contributed by atoms with van der Waals surface area (Å²) in [5.41, 5.74) is 4.69. The van der Waals surface area contributed by atoms with Crippen molar-refractivity contribution in [1.82, 2.24) is 5.32 Å². The molecule has 0 saturated carbocycles. The Kier molecular flexibility index (Phi) is 5.41. The summed E-state index contributed by atoms with van der Waals surface area (Å²) in [6, 6.07) is 24.7. The number of aliphatic imine (C=N–C) groups is 1. The lowest BCUT2D eigenvalue weighted by Crippen LogP contribution is -2.25. The maximum absolute atomic E-state index is 6.12. The van der Waals surface area contributed by atoms with Gasteiger partial charge in [0.2, 0.25) is 0 Å². The molecule has 3 nitrogen and oxygen atoms in total. The lowest BCUT2D eigenvalue weighted by Gasteiger charge is -2.20. The van der Waals surface area contributed by atoms with Crippen LogP contribution in [-0.4, -0.2) is 18.9 Å². The van der Waals surface area contributed by atoms with Gasteiger partial charge in [-0.1, -0.05) is 59.6 Å². The topological polar surface area (TPSA) is 27.6 Å². The van der Waals surface area contributed by atoms with Gasteiger partial charge in [-0.3, -0.25) is 4.99 Å². The standard InChI is InChI=1S/C25H23Cl2N3/c26-20-10-6-17(7-11-20)23-24(18-8-12-21(27)13-9-18)29-25(28-23)19-4-3-5-22(16-19)30-14-1-2-15-30/h3-13,16,23-24H,1-2,14-15H2,(H,28,29)/t23-,24+. The molecule has 2 aliphatic heterocycles. The molecule has 1 saturated heterocycles. The van der Waals surface area contributed by atoms with Crippen LogP contribution in [0.3, 0.4) is 0 Å². The number of rotatable bonds is 4. The number of amidine groups is 1. The van der Waals surface area contributed by atoms with E-state index in [1.807, 2.05) is 24.3 Å². The number of benzene rings is 3. The fourth-order valence-corrected chi connectivity index (χ4v) is 4.57. The molecule has 0 spiro atoms. The van der Waals surface area contributed by atoms with Crippen LogP contribution in [0.1, 0.15) is 41.6 Å². The largest absolute Gasteiger partial charge is 0.372 e. The summed E-state index contributed by atoms with van der Waals surface area (Å²) in [6.45, 7) is 2.26. The van der Waals surface area contributed by atoms with Crippen molar-refractivity contribution in [3.05, 3.63) is 99.5 Å². The van der Waals surface area contributed by atoms with Crippen molar-refractivity contribution in [3.63, 3.8) is 0 Å². The highest BCUT2D eigenvalue weighted by Gasteiger charge is 2.32. The van der Waals surface area contributed by atoms with Gasteiger partial charge in [-0.2, -0.15) is 0 Å². The summed E-state index contributed by atoms with van der Waals surface area (Å²) < 4.78 is 0. The molecule has 1 fully saturated rings. The second kappa shape index (κ2) is 8.33. The first-order chi connectivity index (χ1) is 14.7. The SMILES string of the molecule is Clc1ccc([C@H]2N=C(c3cccc(N4CCCC4)c3)N[C@H]2c2ccc(Cl)cc2)cc1. The highest BCUT2D eigenvalue weighted by atomic mass is 35.5. The molecule has 2 heterocycles. The molecule has 30 heavy (non-hydrogen) atoms. The zero-order valence-electron chi connectivity index (χ0n) is 16.6. The third kappa shape index (κ3) is 3.92. The summed E-state index contributed by atoms with van der Waals surface area (Å²) in [5, 5.41) is 5.15. The van der Waals surface area contributed by atoms with E-state index in [9.17, 15) is 0 Å². The van der Waals surface area contributed by atoms with E-state index in [0.717, 1.165) is 45.7 Å². The summed E-state index contributed by atoms with van der Waals surface area (Å²) in [7, 11) is 0. The van der Waals surface area contributed by atoms with E-state index in [2.05, 4.69) is 58.7 Å². The first-order valence-corrected chi connectivity index (χ1v) is 11.1. The number of hydrogen-bond donors (Lipinski definition) is 1. The molecule has 3 aromatic carbocycles. The van der Waals surface area contributed by atoms with Crippen LogP contribution in [0, 0.1) is 0 Å². The van der Waals surface area contributed by atoms with Crippen molar-refractivity contribution < 1.29 is 0 Å². The molecule has 0 aromatic heterocycles. The van der Waals surface area contributed by atoms with E-state index < -0.39 is 0 Å². The molecular formula is C25H23Cl2N3. The van der Waals surface area contributed by atoms with E-state index in [-0.39, 0.29) is 12.1 Å². The zero-order chi connectivity index (χ0) is 20.5. The van der Waals surface area contributed by atoms with Crippen molar-refractivity contribution in [1.29, 1.82) is 0 Å².